The number of rotatable bonds is 3. The van der Waals surface area contributed by atoms with E-state index in [9.17, 15) is 0 Å². The summed E-state index contributed by atoms with van der Waals surface area (Å²) in [7, 11) is 0. The summed E-state index contributed by atoms with van der Waals surface area (Å²) in [4.78, 5) is 10.8. The summed E-state index contributed by atoms with van der Waals surface area (Å²) in [6.45, 7) is 1.82. The summed E-state index contributed by atoms with van der Waals surface area (Å²) in [5, 5.41) is 0. The van der Waals surface area contributed by atoms with Crippen molar-refractivity contribution < 1.29 is 4.74 Å². The van der Waals surface area contributed by atoms with Crippen LogP contribution in [0.15, 0.2) is 47.2 Å². The Hall–Kier alpha value is -1.62. The van der Waals surface area contributed by atoms with Crippen LogP contribution in [0, 0.1) is 0 Å². The lowest BCUT2D eigenvalue weighted by Gasteiger charge is -2.17. The third-order valence-electron chi connectivity index (χ3n) is 3.11. The van der Waals surface area contributed by atoms with Gasteiger partial charge in [0.1, 0.15) is 11.9 Å². The molecule has 3 rings (SSSR count). The number of halogens is 1. The van der Waals surface area contributed by atoms with Crippen molar-refractivity contribution in [1.82, 2.24) is 9.97 Å². The largest absolute Gasteiger partial charge is 0.472 e. The van der Waals surface area contributed by atoms with E-state index in [1.165, 1.54) is 0 Å². The number of anilines is 1. The lowest BCUT2D eigenvalue weighted by atomic mass is 10.3. The summed E-state index contributed by atoms with van der Waals surface area (Å²) in [5.74, 6) is 1.69. The van der Waals surface area contributed by atoms with Gasteiger partial charge >= 0.3 is 0 Å². The van der Waals surface area contributed by atoms with Crippen LogP contribution in [0.25, 0.3) is 0 Å². The predicted octanol–water partition coefficient (Wildman–Crippen LogP) is 2.90. The van der Waals surface area contributed by atoms with Crippen LogP contribution in [0.2, 0.25) is 0 Å². The van der Waals surface area contributed by atoms with Gasteiger partial charge in [-0.05, 0) is 34.1 Å². The molecule has 1 saturated heterocycles. The minimum atomic E-state index is 0.181. The molecule has 0 radical (unpaired) electrons. The lowest BCUT2D eigenvalue weighted by Crippen LogP contribution is -2.25. The Morgan fingerprint density at radius 3 is 2.89 bits per heavy atom. The molecular weight excluding hydrogens is 306 g/mol. The predicted molar refractivity (Wildman–Crippen MR) is 77.4 cm³/mol. The van der Waals surface area contributed by atoms with Crippen LogP contribution >= 0.6 is 15.9 Å². The Balaban J connectivity index is 1.62. The van der Waals surface area contributed by atoms with Crippen LogP contribution in [-0.4, -0.2) is 29.2 Å². The van der Waals surface area contributed by atoms with Crippen LogP contribution in [-0.2, 0) is 0 Å². The third kappa shape index (κ3) is 3.04. The highest BCUT2D eigenvalue weighted by Crippen LogP contribution is 2.22. The molecule has 5 heteroatoms. The Morgan fingerprint density at radius 1 is 1.21 bits per heavy atom. The molecule has 0 aromatic carbocycles. The average Bonchev–Trinajstić information content (AvgIpc) is 2.89. The van der Waals surface area contributed by atoms with Crippen molar-refractivity contribution in [3.63, 3.8) is 0 Å². The van der Waals surface area contributed by atoms with Crippen LogP contribution in [0.1, 0.15) is 6.42 Å². The first kappa shape index (κ1) is 12.4. The number of pyridine rings is 2. The van der Waals surface area contributed by atoms with E-state index in [1.54, 1.807) is 6.20 Å². The molecule has 2 aromatic heterocycles. The molecule has 3 heterocycles. The molecule has 0 N–H and O–H groups in total. The van der Waals surface area contributed by atoms with Crippen molar-refractivity contribution in [3.8, 4) is 5.88 Å². The minimum Gasteiger partial charge on any atom is -0.472 e. The van der Waals surface area contributed by atoms with Gasteiger partial charge in [0.05, 0.1) is 6.54 Å². The van der Waals surface area contributed by atoms with E-state index >= 15 is 0 Å². The molecule has 1 aliphatic rings. The van der Waals surface area contributed by atoms with Gasteiger partial charge in [-0.3, -0.25) is 0 Å². The normalized spacial score (nSPS) is 18.6. The summed E-state index contributed by atoms with van der Waals surface area (Å²) in [6.07, 6.45) is 4.75. The molecule has 0 unspecified atom stereocenters. The number of hydrogen-bond acceptors (Lipinski definition) is 4. The van der Waals surface area contributed by atoms with Crippen molar-refractivity contribution in [3.05, 3.63) is 47.2 Å². The van der Waals surface area contributed by atoms with Crippen LogP contribution in [0.4, 0.5) is 5.82 Å². The Labute approximate surface area is 120 Å². The molecule has 0 aliphatic carbocycles. The minimum absolute atomic E-state index is 0.181. The van der Waals surface area contributed by atoms with Crippen molar-refractivity contribution in [2.45, 2.75) is 12.5 Å². The number of ether oxygens (including phenoxy) is 1. The van der Waals surface area contributed by atoms with Gasteiger partial charge in [0.15, 0.2) is 0 Å². The summed E-state index contributed by atoms with van der Waals surface area (Å²) in [5.41, 5.74) is 0. The molecule has 19 heavy (non-hydrogen) atoms. The van der Waals surface area contributed by atoms with Gasteiger partial charge in [0.25, 0.3) is 0 Å². The van der Waals surface area contributed by atoms with Crippen molar-refractivity contribution >= 4 is 21.7 Å². The second kappa shape index (κ2) is 5.57. The molecule has 0 bridgehead atoms. The fourth-order valence-electron chi connectivity index (χ4n) is 2.18. The average molecular weight is 320 g/mol. The molecule has 1 atom stereocenters. The fraction of sp³-hybridized carbons (Fsp3) is 0.286. The highest BCUT2D eigenvalue weighted by atomic mass is 79.9. The van der Waals surface area contributed by atoms with E-state index in [2.05, 4.69) is 30.8 Å². The first-order chi connectivity index (χ1) is 9.31. The van der Waals surface area contributed by atoms with Crippen molar-refractivity contribution in [2.75, 3.05) is 18.0 Å². The third-order valence-corrected chi connectivity index (χ3v) is 3.58. The van der Waals surface area contributed by atoms with Crippen molar-refractivity contribution in [2.24, 2.45) is 0 Å². The van der Waals surface area contributed by atoms with E-state index in [4.69, 9.17) is 4.74 Å². The second-order valence-electron chi connectivity index (χ2n) is 4.48. The maximum atomic E-state index is 5.86. The molecular formula is C14H14BrN3O. The zero-order valence-electron chi connectivity index (χ0n) is 10.4. The Kier molecular flexibility index (Phi) is 3.64. The monoisotopic (exact) mass is 319 g/mol. The highest BCUT2D eigenvalue weighted by molar-refractivity contribution is 9.10. The molecule has 0 amide bonds. The number of hydrogen-bond donors (Lipinski definition) is 0. The van der Waals surface area contributed by atoms with Gasteiger partial charge in [-0.2, -0.15) is 0 Å². The maximum absolute atomic E-state index is 5.86. The molecule has 4 nitrogen and oxygen atoms in total. The van der Waals surface area contributed by atoms with Crippen molar-refractivity contribution in [1.29, 1.82) is 0 Å². The van der Waals surface area contributed by atoms with Gasteiger partial charge in [0.2, 0.25) is 5.88 Å². The fourth-order valence-corrected chi connectivity index (χ4v) is 2.41. The Morgan fingerprint density at radius 2 is 2.16 bits per heavy atom. The Bertz CT molecular complexity index is 532. The van der Waals surface area contributed by atoms with Crippen LogP contribution in [0.3, 0.4) is 0 Å². The zero-order chi connectivity index (χ0) is 13.1. The quantitative estimate of drug-likeness (QED) is 0.872. The van der Waals surface area contributed by atoms with Crippen LogP contribution < -0.4 is 9.64 Å². The maximum Gasteiger partial charge on any atom is 0.213 e. The molecule has 1 aliphatic heterocycles. The smallest absolute Gasteiger partial charge is 0.213 e. The zero-order valence-corrected chi connectivity index (χ0v) is 12.0. The molecule has 0 spiro atoms. The topological polar surface area (TPSA) is 38.2 Å². The standard InChI is InChI=1S/C14H14BrN3O/c15-11-4-5-13(17-9-11)18-8-6-12(10-18)19-14-3-1-2-7-16-14/h1-5,7,9,12H,6,8,10H2/t12-/m0/s1. The lowest BCUT2D eigenvalue weighted by molar-refractivity contribution is 0.216. The van der Waals surface area contributed by atoms with Crippen LogP contribution in [0.5, 0.6) is 5.88 Å². The van der Waals surface area contributed by atoms with E-state index in [1.807, 2.05) is 36.5 Å². The van der Waals surface area contributed by atoms with E-state index in [0.29, 0.717) is 5.88 Å². The van der Waals surface area contributed by atoms with Gasteiger partial charge < -0.3 is 9.64 Å². The molecule has 98 valence electrons. The highest BCUT2D eigenvalue weighted by Gasteiger charge is 2.25. The first-order valence-electron chi connectivity index (χ1n) is 6.25. The summed E-state index contributed by atoms with van der Waals surface area (Å²) < 4.78 is 6.86. The SMILES string of the molecule is Brc1ccc(N2CC[C@H](Oc3ccccn3)C2)nc1. The summed E-state index contributed by atoms with van der Waals surface area (Å²) >= 11 is 3.40. The number of aromatic nitrogens is 2. The van der Waals surface area contributed by atoms with Gasteiger partial charge in [-0.25, -0.2) is 9.97 Å². The van der Waals surface area contributed by atoms with Gasteiger partial charge in [-0.15, -0.1) is 0 Å². The van der Waals surface area contributed by atoms with Gasteiger partial charge in [-0.1, -0.05) is 6.07 Å². The molecule has 1 fully saturated rings. The van der Waals surface area contributed by atoms with E-state index < -0.39 is 0 Å². The first-order valence-corrected chi connectivity index (χ1v) is 7.05. The number of nitrogens with zero attached hydrogens (tertiary/aromatic N) is 3. The van der Waals surface area contributed by atoms with E-state index in [0.717, 1.165) is 29.8 Å². The second-order valence-corrected chi connectivity index (χ2v) is 5.39. The van der Waals surface area contributed by atoms with E-state index in [-0.39, 0.29) is 6.10 Å². The van der Waals surface area contributed by atoms with Gasteiger partial charge in [0, 0.05) is 35.9 Å². The summed E-state index contributed by atoms with van der Waals surface area (Å²) in [6, 6.07) is 9.74. The molecule has 2 aromatic rings. The molecule has 0 saturated carbocycles.